The number of aryl methyl sites for hydroxylation is 1. The maximum atomic E-state index is 6.21. The zero-order valence-electron chi connectivity index (χ0n) is 11.8. The summed E-state index contributed by atoms with van der Waals surface area (Å²) in [6.07, 6.45) is 0.849. The number of nitrogens with zero attached hydrogens (tertiary/aromatic N) is 2. The van der Waals surface area contributed by atoms with E-state index in [4.69, 9.17) is 11.6 Å². The quantitative estimate of drug-likeness (QED) is 0.603. The summed E-state index contributed by atoms with van der Waals surface area (Å²) >= 11 is 9.74. The van der Waals surface area contributed by atoms with Gasteiger partial charge in [-0.2, -0.15) is 5.10 Å². The summed E-state index contributed by atoms with van der Waals surface area (Å²) in [7, 11) is 1.99. The summed E-state index contributed by atoms with van der Waals surface area (Å²) in [5.74, 6) is 0.851. The third-order valence-electron chi connectivity index (χ3n) is 3.78. The van der Waals surface area contributed by atoms with Gasteiger partial charge >= 0.3 is 0 Å². The second-order valence-corrected chi connectivity index (χ2v) is 6.42. The molecule has 2 nitrogen and oxygen atoms in total. The molecule has 4 heteroatoms. The molecule has 0 spiro atoms. The molecule has 0 saturated heterocycles. The molecule has 3 aromatic rings. The summed E-state index contributed by atoms with van der Waals surface area (Å²) in [6.45, 7) is 0. The minimum Gasteiger partial charge on any atom is -0.268 e. The lowest BCUT2D eigenvalue weighted by Gasteiger charge is -2.13. The molecule has 1 atom stereocenters. The number of benzene rings is 2. The van der Waals surface area contributed by atoms with Crippen LogP contribution in [0.1, 0.15) is 17.2 Å². The number of fused-ring (bicyclic) bond motifs is 1. The Morgan fingerprint density at radius 2 is 2.00 bits per heavy atom. The fourth-order valence-electron chi connectivity index (χ4n) is 2.69. The Morgan fingerprint density at radius 3 is 2.76 bits per heavy atom. The molecule has 0 amide bonds. The number of rotatable bonds is 4. The number of para-hydroxylation sites is 1. The summed E-state index contributed by atoms with van der Waals surface area (Å²) in [6, 6.07) is 16.7. The van der Waals surface area contributed by atoms with Gasteiger partial charge in [0.25, 0.3) is 0 Å². The molecule has 0 aliphatic rings. The highest BCUT2D eigenvalue weighted by Gasteiger charge is 2.16. The topological polar surface area (TPSA) is 17.8 Å². The van der Waals surface area contributed by atoms with E-state index >= 15 is 0 Å². The van der Waals surface area contributed by atoms with E-state index in [-0.39, 0.29) is 5.92 Å². The van der Waals surface area contributed by atoms with E-state index in [0.29, 0.717) is 5.88 Å². The minimum atomic E-state index is 0.266. The molecule has 3 rings (SSSR count). The van der Waals surface area contributed by atoms with Gasteiger partial charge in [-0.1, -0.05) is 46.3 Å². The highest BCUT2D eigenvalue weighted by molar-refractivity contribution is 9.10. The maximum Gasteiger partial charge on any atom is 0.0709 e. The molecule has 108 valence electrons. The molecule has 21 heavy (non-hydrogen) atoms. The van der Waals surface area contributed by atoms with Gasteiger partial charge in [0.2, 0.25) is 0 Å². The molecule has 1 aromatic heterocycles. The zero-order chi connectivity index (χ0) is 14.8. The first kappa shape index (κ1) is 14.6. The Labute approximate surface area is 137 Å². The van der Waals surface area contributed by atoms with Crippen LogP contribution in [-0.2, 0) is 13.5 Å². The largest absolute Gasteiger partial charge is 0.268 e. The van der Waals surface area contributed by atoms with E-state index in [0.717, 1.165) is 22.1 Å². The standard InChI is InChI=1S/C17H16BrClN2/c1-21-17-8-3-2-7-15(17)16(20-21)10-13(11-19)12-5-4-6-14(18)9-12/h2-9,13H,10-11H2,1H3. The average molecular weight is 364 g/mol. The zero-order valence-corrected chi connectivity index (χ0v) is 14.1. The van der Waals surface area contributed by atoms with Gasteiger partial charge in [0, 0.05) is 35.1 Å². The molecule has 0 fully saturated rings. The Balaban J connectivity index is 1.96. The summed E-state index contributed by atoms with van der Waals surface area (Å²) < 4.78 is 3.03. The Morgan fingerprint density at radius 1 is 1.19 bits per heavy atom. The van der Waals surface area contributed by atoms with Crippen molar-refractivity contribution in [2.24, 2.45) is 7.05 Å². The smallest absolute Gasteiger partial charge is 0.0709 e. The molecular formula is C17H16BrClN2. The summed E-state index contributed by atoms with van der Waals surface area (Å²) in [5.41, 5.74) is 3.52. The van der Waals surface area contributed by atoms with E-state index in [1.54, 1.807) is 0 Å². The van der Waals surface area contributed by atoms with Crippen molar-refractivity contribution in [3.05, 3.63) is 64.3 Å². The van der Waals surface area contributed by atoms with Crippen LogP contribution in [-0.4, -0.2) is 15.7 Å². The lowest BCUT2D eigenvalue weighted by atomic mass is 9.95. The molecule has 0 aliphatic heterocycles. The monoisotopic (exact) mass is 362 g/mol. The van der Waals surface area contributed by atoms with Gasteiger partial charge < -0.3 is 0 Å². The van der Waals surface area contributed by atoms with Gasteiger partial charge in [0.05, 0.1) is 11.2 Å². The minimum absolute atomic E-state index is 0.266. The van der Waals surface area contributed by atoms with Gasteiger partial charge in [-0.3, -0.25) is 4.68 Å². The van der Waals surface area contributed by atoms with Crippen LogP contribution in [0.3, 0.4) is 0 Å². The van der Waals surface area contributed by atoms with Crippen molar-refractivity contribution in [3.8, 4) is 0 Å². The molecule has 2 aromatic carbocycles. The molecule has 0 bridgehead atoms. The van der Waals surface area contributed by atoms with Crippen LogP contribution in [0, 0.1) is 0 Å². The third-order valence-corrected chi connectivity index (χ3v) is 4.65. The summed E-state index contributed by atoms with van der Waals surface area (Å²) in [5, 5.41) is 5.88. The van der Waals surface area contributed by atoms with E-state index in [1.165, 1.54) is 10.9 Å². The SMILES string of the molecule is Cn1nc(CC(CCl)c2cccc(Br)c2)c2ccccc21. The molecule has 1 unspecified atom stereocenters. The van der Waals surface area contributed by atoms with Crippen molar-refractivity contribution in [3.63, 3.8) is 0 Å². The van der Waals surface area contributed by atoms with E-state index in [9.17, 15) is 0 Å². The van der Waals surface area contributed by atoms with Crippen LogP contribution in [0.2, 0.25) is 0 Å². The molecule has 0 radical (unpaired) electrons. The van der Waals surface area contributed by atoms with Gasteiger partial charge in [0.1, 0.15) is 0 Å². The lowest BCUT2D eigenvalue weighted by Crippen LogP contribution is -2.06. The van der Waals surface area contributed by atoms with Crippen molar-refractivity contribution in [2.75, 3.05) is 5.88 Å². The van der Waals surface area contributed by atoms with Crippen molar-refractivity contribution in [2.45, 2.75) is 12.3 Å². The van der Waals surface area contributed by atoms with Crippen LogP contribution in [0.25, 0.3) is 10.9 Å². The molecule has 1 heterocycles. The van der Waals surface area contributed by atoms with Crippen molar-refractivity contribution >= 4 is 38.4 Å². The number of halogens is 2. The fraction of sp³-hybridized carbons (Fsp3) is 0.235. The molecule has 0 saturated carbocycles. The Kier molecular flexibility index (Phi) is 4.32. The van der Waals surface area contributed by atoms with Gasteiger partial charge in [-0.25, -0.2) is 0 Å². The van der Waals surface area contributed by atoms with Crippen molar-refractivity contribution < 1.29 is 0 Å². The van der Waals surface area contributed by atoms with E-state index < -0.39 is 0 Å². The van der Waals surface area contributed by atoms with Crippen LogP contribution >= 0.6 is 27.5 Å². The normalized spacial score (nSPS) is 12.7. The van der Waals surface area contributed by atoms with E-state index in [1.807, 2.05) is 23.9 Å². The fourth-order valence-corrected chi connectivity index (χ4v) is 3.40. The predicted molar refractivity (Wildman–Crippen MR) is 92.0 cm³/mol. The van der Waals surface area contributed by atoms with E-state index in [2.05, 4.69) is 57.4 Å². The van der Waals surface area contributed by atoms with Gasteiger partial charge in [-0.15, -0.1) is 11.6 Å². The Bertz CT molecular complexity index is 766. The highest BCUT2D eigenvalue weighted by atomic mass is 79.9. The highest BCUT2D eigenvalue weighted by Crippen LogP contribution is 2.27. The van der Waals surface area contributed by atoms with Crippen LogP contribution in [0.5, 0.6) is 0 Å². The number of hydrogen-bond acceptors (Lipinski definition) is 1. The second kappa shape index (κ2) is 6.20. The maximum absolute atomic E-state index is 6.21. The number of hydrogen-bond donors (Lipinski definition) is 0. The average Bonchev–Trinajstić information content (AvgIpc) is 2.82. The summed E-state index contributed by atoms with van der Waals surface area (Å²) in [4.78, 5) is 0. The van der Waals surface area contributed by atoms with Crippen LogP contribution < -0.4 is 0 Å². The van der Waals surface area contributed by atoms with Crippen LogP contribution in [0.4, 0.5) is 0 Å². The second-order valence-electron chi connectivity index (χ2n) is 5.20. The van der Waals surface area contributed by atoms with Crippen molar-refractivity contribution in [1.29, 1.82) is 0 Å². The molecular weight excluding hydrogens is 348 g/mol. The van der Waals surface area contributed by atoms with Gasteiger partial charge in [-0.05, 0) is 23.8 Å². The van der Waals surface area contributed by atoms with Crippen molar-refractivity contribution in [1.82, 2.24) is 9.78 Å². The van der Waals surface area contributed by atoms with Crippen LogP contribution in [0.15, 0.2) is 53.0 Å². The number of alkyl halides is 1. The lowest BCUT2D eigenvalue weighted by molar-refractivity contribution is 0.707. The van der Waals surface area contributed by atoms with Gasteiger partial charge in [0.15, 0.2) is 0 Å². The molecule has 0 N–H and O–H groups in total. The first-order valence-corrected chi connectivity index (χ1v) is 8.24. The molecule has 0 aliphatic carbocycles. The first-order valence-electron chi connectivity index (χ1n) is 6.91. The number of aromatic nitrogens is 2. The predicted octanol–water partition coefficient (Wildman–Crippen LogP) is 4.90. The third kappa shape index (κ3) is 2.99. The Hall–Kier alpha value is -1.32. The first-order chi connectivity index (χ1) is 10.2.